The summed E-state index contributed by atoms with van der Waals surface area (Å²) in [7, 11) is -0.312. The molecule has 0 radical (unpaired) electrons. The molecule has 0 spiro atoms. The number of hydrogen-bond acceptors (Lipinski definition) is 5. The highest BCUT2D eigenvalue weighted by atomic mass is 32.2. The zero-order chi connectivity index (χ0) is 17.9. The van der Waals surface area contributed by atoms with E-state index < -0.39 is 10.0 Å². The molecule has 24 heavy (non-hydrogen) atoms. The zero-order valence-corrected chi connectivity index (χ0v) is 15.4. The number of carbonyl (C=O) groups excluding carboxylic acids is 1. The molecule has 0 saturated carbocycles. The second-order valence-electron chi connectivity index (χ2n) is 5.43. The minimum Gasteiger partial charge on any atom is -0.382 e. The highest BCUT2D eigenvalue weighted by molar-refractivity contribution is 8.19. The molecule has 0 atom stereocenters. The fourth-order valence-corrected chi connectivity index (χ4v) is 4.22. The Hall–Kier alpha value is -2.06. The molecule has 1 heterocycles. The van der Waals surface area contributed by atoms with Crippen LogP contribution in [0.1, 0.15) is 5.56 Å². The van der Waals surface area contributed by atoms with Gasteiger partial charge in [-0.3, -0.25) is 9.69 Å². The van der Waals surface area contributed by atoms with Crippen LogP contribution in [0.25, 0.3) is 0 Å². The Morgan fingerprint density at radius 3 is 2.46 bits per heavy atom. The molecule has 6 nitrogen and oxygen atoms in total. The number of sulfonamides is 1. The average molecular weight is 365 g/mol. The normalized spacial score (nSPS) is 18.5. The number of amidine groups is 1. The largest absolute Gasteiger partial charge is 0.382 e. The van der Waals surface area contributed by atoms with E-state index in [0.29, 0.717) is 4.91 Å². The molecule has 0 unspecified atom stereocenters. The van der Waals surface area contributed by atoms with Crippen LogP contribution in [0.4, 0.5) is 0 Å². The molecule has 0 N–H and O–H groups in total. The molecule has 0 bridgehead atoms. The van der Waals surface area contributed by atoms with E-state index in [4.69, 9.17) is 0 Å². The molecule has 128 valence electrons. The van der Waals surface area contributed by atoms with Crippen molar-refractivity contribution in [1.82, 2.24) is 9.80 Å². The van der Waals surface area contributed by atoms with Gasteiger partial charge in [-0.15, -0.1) is 11.0 Å². The topological polar surface area (TPSA) is 70.1 Å². The van der Waals surface area contributed by atoms with E-state index in [-0.39, 0.29) is 22.5 Å². The standard InChI is InChI=1S/C16H19N3O3S2/c1-5-10-19-15(20)14(11-18(3)4)23-16(19)17-24(21,22)13-8-6-12(2)7-9-13/h5-9,11H,1,10H2,2-4H3. The van der Waals surface area contributed by atoms with Gasteiger partial charge in [0.05, 0.1) is 9.80 Å². The molecular weight excluding hydrogens is 346 g/mol. The van der Waals surface area contributed by atoms with Crippen LogP contribution in [-0.4, -0.2) is 49.9 Å². The van der Waals surface area contributed by atoms with Crippen molar-refractivity contribution < 1.29 is 13.2 Å². The third kappa shape index (κ3) is 4.07. The molecule has 1 amide bonds. The number of nitrogens with zero attached hydrogens (tertiary/aromatic N) is 3. The van der Waals surface area contributed by atoms with Gasteiger partial charge in [0.2, 0.25) is 0 Å². The minimum absolute atomic E-state index is 0.0947. The Morgan fingerprint density at radius 1 is 1.29 bits per heavy atom. The SMILES string of the molecule is C=CCN1C(=O)C(=CN(C)C)SC1=NS(=O)(=O)c1ccc(C)cc1. The summed E-state index contributed by atoms with van der Waals surface area (Å²) in [4.78, 5) is 15.9. The van der Waals surface area contributed by atoms with Crippen molar-refractivity contribution >= 4 is 32.9 Å². The molecule has 1 saturated heterocycles. The second kappa shape index (κ2) is 7.23. The van der Waals surface area contributed by atoms with Gasteiger partial charge >= 0.3 is 0 Å². The number of hydrogen-bond donors (Lipinski definition) is 0. The van der Waals surface area contributed by atoms with Crippen molar-refractivity contribution in [3.8, 4) is 0 Å². The molecule has 1 fully saturated rings. The molecule has 1 aromatic rings. The maximum absolute atomic E-state index is 12.5. The number of thioether (sulfide) groups is 1. The maximum atomic E-state index is 12.5. The highest BCUT2D eigenvalue weighted by Gasteiger charge is 2.34. The van der Waals surface area contributed by atoms with E-state index in [2.05, 4.69) is 11.0 Å². The Morgan fingerprint density at radius 2 is 1.92 bits per heavy atom. The van der Waals surface area contributed by atoms with Crippen LogP contribution in [0.3, 0.4) is 0 Å². The van der Waals surface area contributed by atoms with E-state index >= 15 is 0 Å². The Bertz CT molecular complexity index is 809. The lowest BCUT2D eigenvalue weighted by atomic mass is 10.2. The molecule has 1 aliphatic rings. The summed E-state index contributed by atoms with van der Waals surface area (Å²) < 4.78 is 28.8. The molecule has 0 aromatic heterocycles. The van der Waals surface area contributed by atoms with Crippen LogP contribution in [0, 0.1) is 6.92 Å². The Kier molecular flexibility index (Phi) is 5.51. The predicted octanol–water partition coefficient (Wildman–Crippen LogP) is 2.20. The number of benzene rings is 1. The van der Waals surface area contributed by atoms with Gasteiger partial charge in [-0.05, 0) is 30.8 Å². The summed E-state index contributed by atoms with van der Waals surface area (Å²) >= 11 is 1.04. The maximum Gasteiger partial charge on any atom is 0.284 e. The van der Waals surface area contributed by atoms with E-state index in [0.717, 1.165) is 17.3 Å². The second-order valence-corrected chi connectivity index (χ2v) is 8.04. The fourth-order valence-electron chi connectivity index (χ4n) is 1.96. The van der Waals surface area contributed by atoms with Gasteiger partial charge in [0.1, 0.15) is 0 Å². The minimum atomic E-state index is -3.89. The van der Waals surface area contributed by atoms with Crippen LogP contribution < -0.4 is 0 Å². The first kappa shape index (κ1) is 18.3. The van der Waals surface area contributed by atoms with Gasteiger partial charge in [0.25, 0.3) is 15.9 Å². The van der Waals surface area contributed by atoms with Crippen LogP contribution >= 0.6 is 11.8 Å². The van der Waals surface area contributed by atoms with E-state index in [9.17, 15) is 13.2 Å². The molecule has 8 heteroatoms. The first-order chi connectivity index (χ1) is 11.2. The van der Waals surface area contributed by atoms with Crippen LogP contribution in [0.2, 0.25) is 0 Å². The lowest BCUT2D eigenvalue weighted by Gasteiger charge is -2.12. The molecular formula is C16H19N3O3S2. The third-order valence-electron chi connectivity index (χ3n) is 3.09. The summed E-state index contributed by atoms with van der Waals surface area (Å²) in [5.74, 6) is -0.286. The lowest BCUT2D eigenvalue weighted by Crippen LogP contribution is -2.30. The fraction of sp³-hybridized carbons (Fsp3) is 0.250. The molecule has 2 rings (SSSR count). The van der Waals surface area contributed by atoms with Crippen LogP contribution in [0.15, 0.2) is 57.3 Å². The van der Waals surface area contributed by atoms with Gasteiger partial charge in [-0.2, -0.15) is 8.42 Å². The van der Waals surface area contributed by atoms with Gasteiger partial charge in [0.15, 0.2) is 5.17 Å². The van der Waals surface area contributed by atoms with Gasteiger partial charge in [-0.1, -0.05) is 23.8 Å². The quantitative estimate of drug-likeness (QED) is 0.591. The van der Waals surface area contributed by atoms with E-state index in [1.807, 2.05) is 6.92 Å². The monoisotopic (exact) mass is 365 g/mol. The Balaban J connectivity index is 2.43. The molecule has 1 aromatic carbocycles. The summed E-state index contributed by atoms with van der Waals surface area (Å²) in [6, 6.07) is 6.42. The van der Waals surface area contributed by atoms with Crippen molar-refractivity contribution in [3.05, 3.63) is 53.6 Å². The Labute approximate surface area is 146 Å². The summed E-state index contributed by atoms with van der Waals surface area (Å²) in [5.41, 5.74) is 0.955. The van der Waals surface area contributed by atoms with E-state index in [1.165, 1.54) is 23.1 Å². The van der Waals surface area contributed by atoms with Crippen molar-refractivity contribution in [2.45, 2.75) is 11.8 Å². The number of aryl methyl sites for hydroxylation is 1. The first-order valence-electron chi connectivity index (χ1n) is 7.15. The van der Waals surface area contributed by atoms with E-state index in [1.54, 1.807) is 37.3 Å². The summed E-state index contributed by atoms with van der Waals surface area (Å²) in [5, 5.41) is 0.133. The predicted molar refractivity (Wildman–Crippen MR) is 97.1 cm³/mol. The average Bonchev–Trinajstić information content (AvgIpc) is 2.75. The first-order valence-corrected chi connectivity index (χ1v) is 9.41. The third-order valence-corrected chi connectivity index (χ3v) is 5.48. The highest BCUT2D eigenvalue weighted by Crippen LogP contribution is 2.32. The smallest absolute Gasteiger partial charge is 0.284 e. The van der Waals surface area contributed by atoms with Crippen molar-refractivity contribution in [3.63, 3.8) is 0 Å². The zero-order valence-electron chi connectivity index (χ0n) is 13.8. The molecule has 0 aliphatic carbocycles. The van der Waals surface area contributed by atoms with Gasteiger partial charge in [-0.25, -0.2) is 0 Å². The van der Waals surface area contributed by atoms with Gasteiger partial charge < -0.3 is 4.90 Å². The number of carbonyl (C=O) groups is 1. The van der Waals surface area contributed by atoms with Crippen molar-refractivity contribution in [2.24, 2.45) is 4.40 Å². The summed E-state index contributed by atoms with van der Waals surface area (Å²) in [6.07, 6.45) is 3.18. The van der Waals surface area contributed by atoms with Crippen molar-refractivity contribution in [2.75, 3.05) is 20.6 Å². The summed E-state index contributed by atoms with van der Waals surface area (Å²) in [6.45, 7) is 5.67. The lowest BCUT2D eigenvalue weighted by molar-refractivity contribution is -0.121. The number of amides is 1. The van der Waals surface area contributed by atoms with Crippen molar-refractivity contribution in [1.29, 1.82) is 0 Å². The van der Waals surface area contributed by atoms with Crippen LogP contribution in [0.5, 0.6) is 0 Å². The molecule has 1 aliphatic heterocycles. The van der Waals surface area contributed by atoms with Crippen LogP contribution in [-0.2, 0) is 14.8 Å². The van der Waals surface area contributed by atoms with Gasteiger partial charge in [0, 0.05) is 26.8 Å². The number of rotatable bonds is 5.